The largest absolute Gasteiger partial charge is 0.355 e. The standard InChI is InChI=1S/C17H21FN4/c1-2-4-15-10-16(22-8-7-14(19)11-22)21-17(20-15)12-5-3-6-13(18)9-12/h3,5-6,9-10,14H,2,4,7-8,11,19H2,1H3. The Morgan fingerprint density at radius 2 is 2.18 bits per heavy atom. The van der Waals surface area contributed by atoms with E-state index in [9.17, 15) is 4.39 Å². The highest BCUT2D eigenvalue weighted by Crippen LogP contribution is 2.24. The molecule has 1 aromatic carbocycles. The van der Waals surface area contributed by atoms with Gasteiger partial charge in [-0.25, -0.2) is 14.4 Å². The van der Waals surface area contributed by atoms with Crippen molar-refractivity contribution < 1.29 is 4.39 Å². The normalized spacial score (nSPS) is 18.0. The van der Waals surface area contributed by atoms with E-state index in [2.05, 4.69) is 21.8 Å². The van der Waals surface area contributed by atoms with Crippen molar-refractivity contribution in [1.82, 2.24) is 9.97 Å². The van der Waals surface area contributed by atoms with Crippen LogP contribution in [0, 0.1) is 5.82 Å². The fourth-order valence-corrected chi connectivity index (χ4v) is 2.78. The Bertz CT molecular complexity index is 659. The molecular formula is C17H21FN4. The molecule has 0 amide bonds. The zero-order chi connectivity index (χ0) is 15.5. The molecule has 2 aromatic rings. The van der Waals surface area contributed by atoms with E-state index in [0.717, 1.165) is 43.9 Å². The monoisotopic (exact) mass is 300 g/mol. The number of nitrogens with zero attached hydrogens (tertiary/aromatic N) is 3. The number of anilines is 1. The van der Waals surface area contributed by atoms with Gasteiger partial charge in [0.15, 0.2) is 5.82 Å². The summed E-state index contributed by atoms with van der Waals surface area (Å²) in [5.41, 5.74) is 7.70. The molecule has 1 unspecified atom stereocenters. The molecule has 1 aromatic heterocycles. The maximum absolute atomic E-state index is 13.5. The molecule has 1 atom stereocenters. The van der Waals surface area contributed by atoms with E-state index >= 15 is 0 Å². The first kappa shape index (κ1) is 14.9. The van der Waals surface area contributed by atoms with Crippen molar-refractivity contribution in [3.63, 3.8) is 0 Å². The lowest BCUT2D eigenvalue weighted by Gasteiger charge is -2.18. The Labute approximate surface area is 130 Å². The van der Waals surface area contributed by atoms with E-state index in [0.29, 0.717) is 11.4 Å². The van der Waals surface area contributed by atoms with Gasteiger partial charge in [0.25, 0.3) is 0 Å². The number of aromatic nitrogens is 2. The smallest absolute Gasteiger partial charge is 0.161 e. The Balaban J connectivity index is 2.00. The van der Waals surface area contributed by atoms with Crippen LogP contribution in [0.5, 0.6) is 0 Å². The lowest BCUT2D eigenvalue weighted by molar-refractivity contribution is 0.628. The highest BCUT2D eigenvalue weighted by atomic mass is 19.1. The Kier molecular flexibility index (Phi) is 4.34. The average molecular weight is 300 g/mol. The molecule has 1 fully saturated rings. The number of nitrogens with two attached hydrogens (primary N) is 1. The van der Waals surface area contributed by atoms with Crippen LogP contribution in [0.25, 0.3) is 11.4 Å². The summed E-state index contributed by atoms with van der Waals surface area (Å²) in [6.07, 6.45) is 2.87. The Hall–Kier alpha value is -2.01. The predicted molar refractivity (Wildman–Crippen MR) is 86.2 cm³/mol. The second-order valence-corrected chi connectivity index (χ2v) is 5.80. The van der Waals surface area contributed by atoms with Crippen molar-refractivity contribution in [3.8, 4) is 11.4 Å². The zero-order valence-electron chi connectivity index (χ0n) is 12.8. The molecule has 1 aliphatic rings. The molecule has 0 aliphatic carbocycles. The fraction of sp³-hybridized carbons (Fsp3) is 0.412. The maximum atomic E-state index is 13.5. The van der Waals surface area contributed by atoms with Crippen LogP contribution in [0.2, 0.25) is 0 Å². The SMILES string of the molecule is CCCc1cc(N2CCC(N)C2)nc(-c2cccc(F)c2)n1. The van der Waals surface area contributed by atoms with Gasteiger partial charge in [-0.05, 0) is 25.0 Å². The molecule has 0 saturated carbocycles. The molecular weight excluding hydrogens is 279 g/mol. The van der Waals surface area contributed by atoms with Gasteiger partial charge < -0.3 is 10.6 Å². The number of halogens is 1. The van der Waals surface area contributed by atoms with Gasteiger partial charge in [-0.2, -0.15) is 0 Å². The Morgan fingerprint density at radius 3 is 2.86 bits per heavy atom. The molecule has 1 aliphatic heterocycles. The molecule has 1 saturated heterocycles. The minimum Gasteiger partial charge on any atom is -0.355 e. The first-order valence-electron chi connectivity index (χ1n) is 7.80. The third-order valence-electron chi connectivity index (χ3n) is 3.90. The van der Waals surface area contributed by atoms with Crippen molar-refractivity contribution in [2.45, 2.75) is 32.2 Å². The van der Waals surface area contributed by atoms with Gasteiger partial charge in [0.05, 0.1) is 0 Å². The van der Waals surface area contributed by atoms with Gasteiger partial charge in [0, 0.05) is 36.5 Å². The van der Waals surface area contributed by atoms with Crippen molar-refractivity contribution in [2.75, 3.05) is 18.0 Å². The van der Waals surface area contributed by atoms with Gasteiger partial charge in [-0.15, -0.1) is 0 Å². The first-order chi connectivity index (χ1) is 10.7. The van der Waals surface area contributed by atoms with Gasteiger partial charge in [0.2, 0.25) is 0 Å². The van der Waals surface area contributed by atoms with Crippen molar-refractivity contribution in [1.29, 1.82) is 0 Å². The Morgan fingerprint density at radius 1 is 1.32 bits per heavy atom. The van der Waals surface area contributed by atoms with Gasteiger partial charge in [0.1, 0.15) is 11.6 Å². The van der Waals surface area contributed by atoms with E-state index in [-0.39, 0.29) is 11.9 Å². The quantitative estimate of drug-likeness (QED) is 0.943. The molecule has 0 radical (unpaired) electrons. The predicted octanol–water partition coefficient (Wildman–Crippen LogP) is 2.77. The molecule has 0 spiro atoms. The lowest BCUT2D eigenvalue weighted by Crippen LogP contribution is -2.27. The van der Waals surface area contributed by atoms with E-state index in [4.69, 9.17) is 5.73 Å². The van der Waals surface area contributed by atoms with E-state index in [1.165, 1.54) is 12.1 Å². The maximum Gasteiger partial charge on any atom is 0.161 e. The summed E-state index contributed by atoms with van der Waals surface area (Å²) in [5.74, 6) is 1.21. The number of rotatable bonds is 4. The summed E-state index contributed by atoms with van der Waals surface area (Å²) in [7, 11) is 0. The fourth-order valence-electron chi connectivity index (χ4n) is 2.78. The average Bonchev–Trinajstić information content (AvgIpc) is 2.94. The second-order valence-electron chi connectivity index (χ2n) is 5.80. The van der Waals surface area contributed by atoms with Crippen molar-refractivity contribution in [2.24, 2.45) is 5.73 Å². The molecule has 116 valence electrons. The number of hydrogen-bond acceptors (Lipinski definition) is 4. The second kappa shape index (κ2) is 6.40. The van der Waals surface area contributed by atoms with Crippen LogP contribution in [0.4, 0.5) is 10.2 Å². The van der Waals surface area contributed by atoms with E-state index in [1.807, 2.05) is 12.1 Å². The van der Waals surface area contributed by atoms with Crippen LogP contribution < -0.4 is 10.6 Å². The third-order valence-corrected chi connectivity index (χ3v) is 3.90. The first-order valence-corrected chi connectivity index (χ1v) is 7.80. The minimum absolute atomic E-state index is 0.196. The van der Waals surface area contributed by atoms with Crippen LogP contribution in [0.3, 0.4) is 0 Å². The minimum atomic E-state index is -0.272. The van der Waals surface area contributed by atoms with Crippen molar-refractivity contribution >= 4 is 5.82 Å². The van der Waals surface area contributed by atoms with E-state index in [1.54, 1.807) is 6.07 Å². The summed E-state index contributed by atoms with van der Waals surface area (Å²) < 4.78 is 13.5. The van der Waals surface area contributed by atoms with Gasteiger partial charge in [-0.3, -0.25) is 0 Å². The zero-order valence-corrected chi connectivity index (χ0v) is 12.8. The lowest BCUT2D eigenvalue weighted by atomic mass is 10.2. The molecule has 5 heteroatoms. The highest BCUT2D eigenvalue weighted by Gasteiger charge is 2.21. The van der Waals surface area contributed by atoms with Crippen LogP contribution in [-0.4, -0.2) is 29.1 Å². The molecule has 4 nitrogen and oxygen atoms in total. The van der Waals surface area contributed by atoms with Gasteiger partial charge in [-0.1, -0.05) is 25.5 Å². The van der Waals surface area contributed by atoms with Gasteiger partial charge >= 0.3 is 0 Å². The molecule has 22 heavy (non-hydrogen) atoms. The summed E-state index contributed by atoms with van der Waals surface area (Å²) >= 11 is 0. The van der Waals surface area contributed by atoms with E-state index < -0.39 is 0 Å². The van der Waals surface area contributed by atoms with Crippen LogP contribution in [-0.2, 0) is 6.42 Å². The topological polar surface area (TPSA) is 55.0 Å². The summed E-state index contributed by atoms with van der Waals surface area (Å²) in [6.45, 7) is 3.84. The number of hydrogen-bond donors (Lipinski definition) is 1. The molecule has 3 rings (SSSR count). The highest BCUT2D eigenvalue weighted by molar-refractivity contribution is 5.58. The molecule has 2 heterocycles. The summed E-state index contributed by atoms with van der Waals surface area (Å²) in [6, 6.07) is 8.66. The van der Waals surface area contributed by atoms with Crippen LogP contribution in [0.15, 0.2) is 30.3 Å². The molecule has 2 N–H and O–H groups in total. The number of benzene rings is 1. The third kappa shape index (κ3) is 3.25. The number of aryl methyl sites for hydroxylation is 1. The van der Waals surface area contributed by atoms with Crippen molar-refractivity contribution in [3.05, 3.63) is 41.8 Å². The molecule has 0 bridgehead atoms. The van der Waals surface area contributed by atoms with Crippen LogP contribution >= 0.6 is 0 Å². The van der Waals surface area contributed by atoms with Crippen LogP contribution in [0.1, 0.15) is 25.5 Å². The summed E-state index contributed by atoms with van der Waals surface area (Å²) in [4.78, 5) is 11.4. The summed E-state index contributed by atoms with van der Waals surface area (Å²) in [5, 5.41) is 0.